The quantitative estimate of drug-likeness (QED) is 0.811. The standard InChI is InChI=1S/C23H28N2O4S/c1-15-8-11-20-21(12-15)29-22(14-25(20)30(3,27)28)23(26)24-16(2)18-10-9-17-6-4-5-7-19(17)13-18/h8-13,16,22H,4-7,14H2,1-3H3,(H,24,26)/t16-,22-/m1/s1. The summed E-state index contributed by atoms with van der Waals surface area (Å²) in [5.41, 5.74) is 5.22. The van der Waals surface area contributed by atoms with Gasteiger partial charge >= 0.3 is 0 Å². The molecule has 30 heavy (non-hydrogen) atoms. The number of nitrogens with zero attached hydrogens (tertiary/aromatic N) is 1. The van der Waals surface area contributed by atoms with Crippen molar-refractivity contribution < 1.29 is 17.9 Å². The Morgan fingerprint density at radius 2 is 1.87 bits per heavy atom. The van der Waals surface area contributed by atoms with Crippen LogP contribution in [0.3, 0.4) is 0 Å². The zero-order valence-corrected chi connectivity index (χ0v) is 18.5. The van der Waals surface area contributed by atoms with Crippen LogP contribution in [0.1, 0.15) is 48.1 Å². The zero-order valence-electron chi connectivity index (χ0n) is 17.6. The van der Waals surface area contributed by atoms with Crippen molar-refractivity contribution in [2.75, 3.05) is 17.1 Å². The molecule has 1 aliphatic carbocycles. The molecule has 2 aromatic rings. The van der Waals surface area contributed by atoms with E-state index in [1.54, 1.807) is 12.1 Å². The maximum Gasteiger partial charge on any atom is 0.263 e. The molecular formula is C23H28N2O4S. The number of carbonyl (C=O) groups is 1. The summed E-state index contributed by atoms with van der Waals surface area (Å²) in [6.07, 6.45) is 4.87. The zero-order chi connectivity index (χ0) is 21.5. The van der Waals surface area contributed by atoms with E-state index < -0.39 is 16.1 Å². The van der Waals surface area contributed by atoms with Gasteiger partial charge in [0.15, 0.2) is 6.10 Å². The molecule has 2 atom stereocenters. The fraction of sp³-hybridized carbons (Fsp3) is 0.435. The van der Waals surface area contributed by atoms with Crippen molar-refractivity contribution in [1.29, 1.82) is 0 Å². The second-order valence-corrected chi connectivity index (χ2v) is 10.2. The van der Waals surface area contributed by atoms with E-state index in [4.69, 9.17) is 4.74 Å². The number of anilines is 1. The van der Waals surface area contributed by atoms with Crippen LogP contribution in [-0.4, -0.2) is 33.2 Å². The molecule has 1 heterocycles. The first-order valence-corrected chi connectivity index (χ1v) is 12.2. The summed E-state index contributed by atoms with van der Waals surface area (Å²) < 4.78 is 31.8. The summed E-state index contributed by atoms with van der Waals surface area (Å²) in [4.78, 5) is 13.0. The Hall–Kier alpha value is -2.54. The monoisotopic (exact) mass is 428 g/mol. The molecule has 1 amide bonds. The van der Waals surface area contributed by atoms with Gasteiger partial charge in [0.2, 0.25) is 10.0 Å². The van der Waals surface area contributed by atoms with Crippen molar-refractivity contribution in [1.82, 2.24) is 5.32 Å². The molecule has 0 spiro atoms. The van der Waals surface area contributed by atoms with Crippen LogP contribution in [0.4, 0.5) is 5.69 Å². The third-order valence-corrected chi connectivity index (χ3v) is 7.06. The van der Waals surface area contributed by atoms with Crippen molar-refractivity contribution >= 4 is 21.6 Å². The summed E-state index contributed by atoms with van der Waals surface area (Å²) in [5.74, 6) is 0.0919. The van der Waals surface area contributed by atoms with Gasteiger partial charge in [0.05, 0.1) is 24.5 Å². The highest BCUT2D eigenvalue weighted by Gasteiger charge is 2.35. The highest BCUT2D eigenvalue weighted by atomic mass is 32.2. The van der Waals surface area contributed by atoms with Crippen LogP contribution in [0.5, 0.6) is 5.75 Å². The van der Waals surface area contributed by atoms with E-state index in [-0.39, 0.29) is 18.5 Å². The van der Waals surface area contributed by atoms with Crippen molar-refractivity contribution in [3.8, 4) is 5.75 Å². The Kier molecular flexibility index (Phi) is 5.49. The first kappa shape index (κ1) is 20.7. The first-order chi connectivity index (χ1) is 14.2. The summed E-state index contributed by atoms with van der Waals surface area (Å²) in [7, 11) is -3.54. The first-order valence-electron chi connectivity index (χ1n) is 10.4. The lowest BCUT2D eigenvalue weighted by Gasteiger charge is -2.34. The molecule has 0 fully saturated rings. The number of sulfonamides is 1. The van der Waals surface area contributed by atoms with Crippen LogP contribution >= 0.6 is 0 Å². The van der Waals surface area contributed by atoms with Gasteiger partial charge in [-0.2, -0.15) is 0 Å². The number of aryl methyl sites for hydroxylation is 3. The number of ether oxygens (including phenoxy) is 1. The van der Waals surface area contributed by atoms with E-state index in [0.29, 0.717) is 11.4 Å². The number of rotatable bonds is 4. The topological polar surface area (TPSA) is 75.7 Å². The molecule has 0 saturated carbocycles. The van der Waals surface area contributed by atoms with E-state index in [0.717, 1.165) is 30.2 Å². The van der Waals surface area contributed by atoms with Crippen LogP contribution in [0.2, 0.25) is 0 Å². The Morgan fingerprint density at radius 1 is 1.13 bits per heavy atom. The maximum atomic E-state index is 13.0. The lowest BCUT2D eigenvalue weighted by Crippen LogP contribution is -2.50. The predicted octanol–water partition coefficient (Wildman–Crippen LogP) is 3.28. The van der Waals surface area contributed by atoms with Gasteiger partial charge in [-0.05, 0) is 73.9 Å². The van der Waals surface area contributed by atoms with E-state index in [1.807, 2.05) is 19.9 Å². The Labute approximate surface area is 178 Å². The highest BCUT2D eigenvalue weighted by Crippen LogP contribution is 2.36. The summed E-state index contributed by atoms with van der Waals surface area (Å²) in [6.45, 7) is 3.80. The minimum atomic E-state index is -3.54. The molecular weight excluding hydrogens is 400 g/mol. The van der Waals surface area contributed by atoms with Gasteiger partial charge in [-0.25, -0.2) is 8.42 Å². The van der Waals surface area contributed by atoms with Crippen molar-refractivity contribution in [3.05, 3.63) is 58.7 Å². The van der Waals surface area contributed by atoms with E-state index in [1.165, 1.54) is 28.3 Å². The molecule has 1 N–H and O–H groups in total. The van der Waals surface area contributed by atoms with Crippen LogP contribution in [0.15, 0.2) is 36.4 Å². The van der Waals surface area contributed by atoms with Crippen LogP contribution < -0.4 is 14.4 Å². The van der Waals surface area contributed by atoms with E-state index >= 15 is 0 Å². The van der Waals surface area contributed by atoms with Gasteiger partial charge in [-0.1, -0.05) is 24.3 Å². The third-order valence-electron chi connectivity index (χ3n) is 5.91. The van der Waals surface area contributed by atoms with Crippen LogP contribution in [0, 0.1) is 6.92 Å². The van der Waals surface area contributed by atoms with E-state index in [2.05, 4.69) is 23.5 Å². The number of fused-ring (bicyclic) bond motifs is 2. The molecule has 2 aromatic carbocycles. The molecule has 0 aromatic heterocycles. The lowest BCUT2D eigenvalue weighted by molar-refractivity contribution is -0.128. The van der Waals surface area contributed by atoms with Gasteiger partial charge < -0.3 is 10.1 Å². The second-order valence-electron chi connectivity index (χ2n) is 8.34. The van der Waals surface area contributed by atoms with Crippen molar-refractivity contribution in [2.24, 2.45) is 0 Å². The smallest absolute Gasteiger partial charge is 0.263 e. The number of hydrogen-bond acceptors (Lipinski definition) is 4. The van der Waals surface area contributed by atoms with Gasteiger partial charge in [-0.3, -0.25) is 9.10 Å². The lowest BCUT2D eigenvalue weighted by atomic mass is 9.89. The highest BCUT2D eigenvalue weighted by molar-refractivity contribution is 7.92. The van der Waals surface area contributed by atoms with Crippen LogP contribution in [-0.2, 0) is 27.7 Å². The molecule has 0 bridgehead atoms. The van der Waals surface area contributed by atoms with Gasteiger partial charge in [0, 0.05) is 0 Å². The summed E-state index contributed by atoms with van der Waals surface area (Å²) in [6, 6.07) is 11.5. The Balaban J connectivity index is 1.53. The Bertz CT molecular complexity index is 1080. The van der Waals surface area contributed by atoms with Crippen LogP contribution in [0.25, 0.3) is 0 Å². The van der Waals surface area contributed by atoms with Gasteiger partial charge in [0.1, 0.15) is 5.75 Å². The van der Waals surface area contributed by atoms with Crippen molar-refractivity contribution in [3.63, 3.8) is 0 Å². The van der Waals surface area contributed by atoms with E-state index in [9.17, 15) is 13.2 Å². The molecule has 4 rings (SSSR count). The molecule has 7 heteroatoms. The van der Waals surface area contributed by atoms with Gasteiger partial charge in [0.25, 0.3) is 5.91 Å². The molecule has 160 valence electrons. The maximum absolute atomic E-state index is 13.0. The minimum Gasteiger partial charge on any atom is -0.476 e. The Morgan fingerprint density at radius 3 is 2.60 bits per heavy atom. The number of carbonyl (C=O) groups excluding carboxylic acids is 1. The third kappa shape index (κ3) is 4.17. The number of nitrogens with one attached hydrogen (secondary N) is 1. The van der Waals surface area contributed by atoms with Crippen molar-refractivity contribution in [2.45, 2.75) is 51.7 Å². The summed E-state index contributed by atoms with van der Waals surface area (Å²) in [5, 5.41) is 3.00. The SMILES string of the molecule is Cc1ccc2c(c1)O[C@@H](C(=O)N[C@H](C)c1ccc3c(c1)CCCC3)CN2S(C)(=O)=O. The normalized spacial score (nSPS) is 19.3. The minimum absolute atomic E-state index is 0.0440. The average Bonchev–Trinajstić information content (AvgIpc) is 2.71. The molecule has 1 aliphatic heterocycles. The largest absolute Gasteiger partial charge is 0.476 e. The number of hydrogen-bond donors (Lipinski definition) is 1. The molecule has 2 aliphatic rings. The average molecular weight is 429 g/mol. The van der Waals surface area contributed by atoms with Gasteiger partial charge in [-0.15, -0.1) is 0 Å². The summed E-state index contributed by atoms with van der Waals surface area (Å²) >= 11 is 0. The molecule has 0 radical (unpaired) electrons. The molecule has 0 saturated heterocycles. The second kappa shape index (κ2) is 7.95. The molecule has 0 unspecified atom stereocenters. The fourth-order valence-corrected chi connectivity index (χ4v) is 5.14. The predicted molar refractivity (Wildman–Crippen MR) is 117 cm³/mol. The fourth-order valence-electron chi connectivity index (χ4n) is 4.22. The molecule has 6 nitrogen and oxygen atoms in total. The number of amides is 1. The number of benzene rings is 2.